The van der Waals surface area contributed by atoms with Crippen molar-refractivity contribution >= 4 is 17.9 Å². The van der Waals surface area contributed by atoms with Crippen LogP contribution in [0.4, 0.5) is 0 Å². The fourth-order valence-corrected chi connectivity index (χ4v) is 4.49. The first kappa shape index (κ1) is 38.1. The number of aliphatic hydroxyl groups excluding tert-OH is 1. The third-order valence-corrected chi connectivity index (χ3v) is 7.11. The standard InChI is InChI=1S/C32H59NO7/c1-5-7-9-14-20-24-31(37)39-26-25-33(3,4)27-32(38)40-29(22-17-8-6-2)28(34)21-18-15-12-10-11-13-16-19-23-30(35)36/h15,18,28-29,34H,5-14,16-17,19-27H2,1-4H3/p+1/b18-15-. The van der Waals surface area contributed by atoms with Crippen molar-refractivity contribution in [3.63, 3.8) is 0 Å². The Morgan fingerprint density at radius 1 is 0.775 bits per heavy atom. The molecule has 0 aliphatic rings. The number of unbranched alkanes of at least 4 members (excludes halogenated alkanes) is 11. The molecule has 0 aliphatic carbocycles. The van der Waals surface area contributed by atoms with E-state index in [0.717, 1.165) is 77.0 Å². The maximum absolute atomic E-state index is 12.8. The number of carboxylic acids is 1. The molecular weight excluding hydrogens is 510 g/mol. The van der Waals surface area contributed by atoms with Gasteiger partial charge in [-0.25, -0.2) is 4.79 Å². The second-order valence-corrected chi connectivity index (χ2v) is 11.7. The number of carbonyl (C=O) groups excluding carboxylic acids is 2. The molecule has 0 spiro atoms. The van der Waals surface area contributed by atoms with Crippen LogP contribution < -0.4 is 0 Å². The van der Waals surface area contributed by atoms with E-state index in [1.807, 2.05) is 20.2 Å². The summed E-state index contributed by atoms with van der Waals surface area (Å²) in [7, 11) is 3.83. The highest BCUT2D eigenvalue weighted by atomic mass is 16.6. The Balaban J connectivity index is 4.43. The number of carboxylic acid groups (broad SMARTS) is 1. The molecule has 2 atom stereocenters. The number of esters is 2. The first-order valence-corrected chi connectivity index (χ1v) is 15.8. The normalized spacial score (nSPS) is 13.3. The molecule has 0 radical (unpaired) electrons. The summed E-state index contributed by atoms with van der Waals surface area (Å²) in [6.07, 6.45) is 18.6. The number of aliphatic carboxylic acids is 1. The molecule has 0 aromatic rings. The van der Waals surface area contributed by atoms with Crippen molar-refractivity contribution in [2.45, 2.75) is 142 Å². The highest BCUT2D eigenvalue weighted by molar-refractivity contribution is 5.71. The van der Waals surface area contributed by atoms with Crippen molar-refractivity contribution in [3.8, 4) is 0 Å². The lowest BCUT2D eigenvalue weighted by atomic mass is 10.0. The number of ether oxygens (including phenoxy) is 2. The number of nitrogens with zero attached hydrogens (tertiary/aromatic N) is 1. The van der Waals surface area contributed by atoms with Gasteiger partial charge in [-0.3, -0.25) is 9.59 Å². The van der Waals surface area contributed by atoms with Crippen LogP contribution in [0.25, 0.3) is 0 Å². The van der Waals surface area contributed by atoms with Crippen molar-refractivity contribution in [3.05, 3.63) is 12.2 Å². The fourth-order valence-electron chi connectivity index (χ4n) is 4.49. The summed E-state index contributed by atoms with van der Waals surface area (Å²) in [5, 5.41) is 19.5. The number of hydrogen-bond acceptors (Lipinski definition) is 6. The molecule has 0 bridgehead atoms. The molecule has 0 aliphatic heterocycles. The van der Waals surface area contributed by atoms with Gasteiger partial charge >= 0.3 is 17.9 Å². The molecule has 0 saturated carbocycles. The quantitative estimate of drug-likeness (QED) is 0.0497. The number of aliphatic hydroxyl groups is 1. The molecule has 2 N–H and O–H groups in total. The minimum Gasteiger partial charge on any atom is -0.481 e. The minimum atomic E-state index is -0.748. The number of carbonyl (C=O) groups is 3. The molecule has 0 aromatic heterocycles. The van der Waals surface area contributed by atoms with Gasteiger partial charge < -0.3 is 24.2 Å². The van der Waals surface area contributed by atoms with Gasteiger partial charge in [-0.1, -0.05) is 83.8 Å². The topological polar surface area (TPSA) is 110 Å². The Labute approximate surface area is 244 Å². The van der Waals surface area contributed by atoms with E-state index in [9.17, 15) is 19.5 Å². The summed E-state index contributed by atoms with van der Waals surface area (Å²) in [5.74, 6) is -1.26. The van der Waals surface area contributed by atoms with Crippen LogP contribution in [0.3, 0.4) is 0 Å². The van der Waals surface area contributed by atoms with Crippen LogP contribution in [0.1, 0.15) is 129 Å². The smallest absolute Gasteiger partial charge is 0.362 e. The van der Waals surface area contributed by atoms with Crippen LogP contribution in [-0.4, -0.2) is 78.6 Å². The second kappa shape index (κ2) is 24.8. The van der Waals surface area contributed by atoms with Gasteiger partial charge in [0.25, 0.3) is 0 Å². The summed E-state index contributed by atoms with van der Waals surface area (Å²) >= 11 is 0. The average molecular weight is 571 g/mol. The third kappa shape index (κ3) is 23.9. The largest absolute Gasteiger partial charge is 0.481 e. The van der Waals surface area contributed by atoms with E-state index in [0.29, 0.717) is 30.3 Å². The zero-order valence-electron chi connectivity index (χ0n) is 26.0. The molecule has 8 nitrogen and oxygen atoms in total. The van der Waals surface area contributed by atoms with Crippen molar-refractivity contribution in [2.75, 3.05) is 33.8 Å². The summed E-state index contributed by atoms with van der Waals surface area (Å²) in [5.41, 5.74) is 0. The van der Waals surface area contributed by atoms with Gasteiger partial charge in [-0.2, -0.15) is 0 Å². The summed E-state index contributed by atoms with van der Waals surface area (Å²) in [4.78, 5) is 35.3. The highest BCUT2D eigenvalue weighted by Gasteiger charge is 2.27. The predicted octanol–water partition coefficient (Wildman–Crippen LogP) is 6.58. The lowest BCUT2D eigenvalue weighted by molar-refractivity contribution is -0.883. The molecule has 0 heterocycles. The van der Waals surface area contributed by atoms with E-state index in [4.69, 9.17) is 14.6 Å². The molecule has 0 saturated heterocycles. The Morgan fingerprint density at radius 2 is 1.38 bits per heavy atom. The Hall–Kier alpha value is -1.93. The van der Waals surface area contributed by atoms with E-state index < -0.39 is 18.2 Å². The molecule has 0 amide bonds. The van der Waals surface area contributed by atoms with Crippen LogP contribution in [0.2, 0.25) is 0 Å². The molecule has 0 fully saturated rings. The molecule has 40 heavy (non-hydrogen) atoms. The van der Waals surface area contributed by atoms with Crippen molar-refractivity contribution in [2.24, 2.45) is 0 Å². The van der Waals surface area contributed by atoms with Gasteiger partial charge in [-0.15, -0.1) is 0 Å². The van der Waals surface area contributed by atoms with Gasteiger partial charge in [0.05, 0.1) is 20.2 Å². The van der Waals surface area contributed by atoms with Gasteiger partial charge in [0.15, 0.2) is 6.54 Å². The zero-order chi connectivity index (χ0) is 30.1. The molecule has 8 heteroatoms. The SMILES string of the molecule is CCCCCCCC(=O)OCC[N+](C)(C)CC(=O)OC(CCCCC)C(O)C/C=C\CCCCCCCC(=O)O. The van der Waals surface area contributed by atoms with Gasteiger partial charge in [0, 0.05) is 12.8 Å². The maximum Gasteiger partial charge on any atom is 0.362 e. The third-order valence-electron chi connectivity index (χ3n) is 7.11. The minimum absolute atomic E-state index is 0.147. The van der Waals surface area contributed by atoms with E-state index in [2.05, 4.69) is 19.9 Å². The Bertz CT molecular complexity index is 693. The Morgan fingerprint density at radius 3 is 2.05 bits per heavy atom. The first-order valence-electron chi connectivity index (χ1n) is 15.8. The zero-order valence-corrected chi connectivity index (χ0v) is 26.0. The molecular formula is C32H60NO7+. The second-order valence-electron chi connectivity index (χ2n) is 11.7. The van der Waals surface area contributed by atoms with Crippen molar-refractivity contribution < 1.29 is 38.6 Å². The van der Waals surface area contributed by atoms with Gasteiger partial charge in [-0.05, 0) is 44.9 Å². The summed E-state index contributed by atoms with van der Waals surface area (Å²) < 4.78 is 11.5. The Kier molecular flexibility index (Phi) is 23.6. The van der Waals surface area contributed by atoms with E-state index in [1.54, 1.807) is 0 Å². The van der Waals surface area contributed by atoms with Crippen LogP contribution >= 0.6 is 0 Å². The predicted molar refractivity (Wildman–Crippen MR) is 160 cm³/mol. The molecule has 234 valence electrons. The van der Waals surface area contributed by atoms with E-state index in [-0.39, 0.29) is 31.5 Å². The molecule has 0 rings (SSSR count). The van der Waals surface area contributed by atoms with E-state index in [1.165, 1.54) is 12.8 Å². The van der Waals surface area contributed by atoms with Crippen molar-refractivity contribution in [1.82, 2.24) is 0 Å². The summed E-state index contributed by atoms with van der Waals surface area (Å²) in [6.45, 7) is 5.21. The first-order chi connectivity index (χ1) is 19.1. The maximum atomic E-state index is 12.8. The number of rotatable bonds is 27. The van der Waals surface area contributed by atoms with Gasteiger partial charge in [0.2, 0.25) is 0 Å². The van der Waals surface area contributed by atoms with Crippen LogP contribution in [0.5, 0.6) is 0 Å². The fraction of sp³-hybridized carbons (Fsp3) is 0.844. The van der Waals surface area contributed by atoms with Crippen LogP contribution in [0.15, 0.2) is 12.2 Å². The highest BCUT2D eigenvalue weighted by Crippen LogP contribution is 2.16. The van der Waals surface area contributed by atoms with Crippen LogP contribution in [0, 0.1) is 0 Å². The lowest BCUT2D eigenvalue weighted by Gasteiger charge is -2.30. The lowest BCUT2D eigenvalue weighted by Crippen LogP contribution is -2.48. The number of quaternary nitrogens is 1. The van der Waals surface area contributed by atoms with Crippen molar-refractivity contribution in [1.29, 1.82) is 0 Å². The summed E-state index contributed by atoms with van der Waals surface area (Å²) in [6, 6.07) is 0. The van der Waals surface area contributed by atoms with E-state index >= 15 is 0 Å². The monoisotopic (exact) mass is 570 g/mol. The average Bonchev–Trinajstić information content (AvgIpc) is 2.88. The molecule has 2 unspecified atom stereocenters. The number of hydrogen-bond donors (Lipinski definition) is 2. The molecule has 0 aromatic carbocycles. The van der Waals surface area contributed by atoms with Gasteiger partial charge in [0.1, 0.15) is 19.3 Å². The van der Waals surface area contributed by atoms with Crippen LogP contribution in [-0.2, 0) is 23.9 Å². The number of likely N-dealkylation sites (N-methyl/N-ethyl adjacent to an activating group) is 1. The number of allylic oxidation sites excluding steroid dienone is 1.